The van der Waals surface area contributed by atoms with E-state index < -0.39 is 24.3 Å². The first kappa shape index (κ1) is 11.9. The highest BCUT2D eigenvalue weighted by molar-refractivity contribution is 6.11. The summed E-state index contributed by atoms with van der Waals surface area (Å²) < 4.78 is 4.81. The lowest BCUT2D eigenvalue weighted by atomic mass is 9.89. The van der Waals surface area contributed by atoms with Crippen LogP contribution in [0.15, 0.2) is 0 Å². The van der Waals surface area contributed by atoms with Gasteiger partial charge >= 0.3 is 0 Å². The molecule has 0 saturated heterocycles. The van der Waals surface area contributed by atoms with Gasteiger partial charge in [0, 0.05) is 7.11 Å². The molecule has 0 aromatic rings. The van der Waals surface area contributed by atoms with Gasteiger partial charge in [-0.3, -0.25) is 0 Å². The molecule has 0 amide bonds. The molecule has 0 bridgehead atoms. The van der Waals surface area contributed by atoms with Crippen LogP contribution in [0.4, 0.5) is 0 Å². The van der Waals surface area contributed by atoms with Crippen molar-refractivity contribution in [2.75, 3.05) is 7.11 Å². The average Bonchev–Trinajstić information content (AvgIpc) is 2.12. The highest BCUT2D eigenvalue weighted by Crippen LogP contribution is 2.07. The van der Waals surface area contributed by atoms with Crippen LogP contribution in [0.25, 0.3) is 0 Å². The molecule has 0 fully saturated rings. The third-order valence-electron chi connectivity index (χ3n) is 2.02. The van der Waals surface area contributed by atoms with E-state index in [9.17, 15) is 15.3 Å². The van der Waals surface area contributed by atoms with Gasteiger partial charge in [-0.2, -0.15) is 0 Å². The molecule has 0 spiro atoms. The Morgan fingerprint density at radius 1 is 1.25 bits per heavy atom. The second-order valence-electron chi connectivity index (χ2n) is 2.90. The van der Waals surface area contributed by atoms with Gasteiger partial charge in [0.05, 0.1) is 12.1 Å². The summed E-state index contributed by atoms with van der Waals surface area (Å²) in [6.07, 6.45) is -2.65. The van der Waals surface area contributed by atoms with Crippen molar-refractivity contribution in [3.63, 3.8) is 0 Å². The summed E-state index contributed by atoms with van der Waals surface area (Å²) in [4.78, 5) is 0. The normalized spacial score (nSPS) is 21.4. The fourth-order valence-electron chi connectivity index (χ4n) is 0.886. The Labute approximate surface area is 73.6 Å². The van der Waals surface area contributed by atoms with Crippen LogP contribution < -0.4 is 0 Å². The maximum atomic E-state index is 9.35. The Morgan fingerprint density at radius 3 is 2.08 bits per heavy atom. The summed E-state index contributed by atoms with van der Waals surface area (Å²) in [6.45, 7) is 1.73. The van der Waals surface area contributed by atoms with Crippen LogP contribution in [0.5, 0.6) is 0 Å². The number of aliphatic hydroxyl groups is 3. The molecule has 12 heavy (non-hydrogen) atoms. The predicted octanol–water partition coefficient (Wildman–Crippen LogP) is -1.92. The van der Waals surface area contributed by atoms with Crippen LogP contribution in [0.1, 0.15) is 13.3 Å². The van der Waals surface area contributed by atoms with E-state index in [1.165, 1.54) is 7.11 Å². The van der Waals surface area contributed by atoms with Gasteiger partial charge in [0.25, 0.3) is 0 Å². The van der Waals surface area contributed by atoms with Gasteiger partial charge in [0.15, 0.2) is 0 Å². The first-order valence-corrected chi connectivity index (χ1v) is 4.11. The van der Waals surface area contributed by atoms with Gasteiger partial charge in [-0.15, -0.1) is 0 Å². The van der Waals surface area contributed by atoms with Gasteiger partial charge in [-0.1, -0.05) is 6.92 Å². The van der Waals surface area contributed by atoms with E-state index in [0.717, 1.165) is 0 Å². The Bertz CT molecular complexity index is 108. The van der Waals surface area contributed by atoms with Gasteiger partial charge in [0.1, 0.15) is 20.1 Å². The lowest BCUT2D eigenvalue weighted by Crippen LogP contribution is -2.45. The lowest BCUT2D eigenvalue weighted by Gasteiger charge is -2.25. The quantitative estimate of drug-likeness (QED) is 0.427. The van der Waals surface area contributed by atoms with Crippen LogP contribution in [0.2, 0.25) is 0 Å². The van der Waals surface area contributed by atoms with Crippen LogP contribution in [-0.2, 0) is 4.74 Å². The minimum atomic E-state index is -1.13. The van der Waals surface area contributed by atoms with E-state index in [-0.39, 0.29) is 0 Å². The highest BCUT2D eigenvalue weighted by atomic mass is 16.5. The zero-order chi connectivity index (χ0) is 9.72. The minimum Gasteiger partial charge on any atom is -0.390 e. The first-order valence-electron chi connectivity index (χ1n) is 4.11. The second-order valence-corrected chi connectivity index (χ2v) is 2.90. The molecule has 4 atom stereocenters. The molecule has 3 N–H and O–H groups in total. The summed E-state index contributed by atoms with van der Waals surface area (Å²) in [7, 11) is 3.08. The molecule has 4 nitrogen and oxygen atoms in total. The van der Waals surface area contributed by atoms with Gasteiger partial charge in [0.2, 0.25) is 0 Å². The van der Waals surface area contributed by atoms with E-state index in [0.29, 0.717) is 6.42 Å². The zero-order valence-electron chi connectivity index (χ0n) is 7.77. The summed E-state index contributed by atoms with van der Waals surface area (Å²) in [5, 5.41) is 27.8. The molecule has 0 aliphatic heterocycles. The van der Waals surface area contributed by atoms with Crippen LogP contribution in [0, 0.1) is 0 Å². The summed E-state index contributed by atoms with van der Waals surface area (Å²) in [5.41, 5.74) is 0. The minimum absolute atomic E-state index is 0.411. The number of rotatable bonds is 5. The fourth-order valence-corrected chi connectivity index (χ4v) is 0.886. The molecule has 0 unspecified atom stereocenters. The number of aliphatic hydroxyl groups excluding tert-OH is 3. The monoisotopic (exact) mass is 176 g/mol. The summed E-state index contributed by atoms with van der Waals surface area (Å²) in [5.74, 6) is 0. The Kier molecular flexibility index (Phi) is 5.49. The maximum Gasteiger partial charge on any atom is 0.142 e. The number of hydrogen-bond acceptors (Lipinski definition) is 4. The molecule has 0 heterocycles. The molecule has 0 aliphatic carbocycles. The standard InChI is InChI=1S/C7H17BO4/c1-3-4(9)5(10)6(11)7(8)12-2/h4-7,9-11H,3,8H2,1-2H3/t4-,5+,6-,7-/m0/s1. The fraction of sp³-hybridized carbons (Fsp3) is 1.00. The lowest BCUT2D eigenvalue weighted by molar-refractivity contribution is -0.0934. The zero-order valence-corrected chi connectivity index (χ0v) is 7.77. The predicted molar refractivity (Wildman–Crippen MR) is 47.7 cm³/mol. The van der Waals surface area contributed by atoms with Crippen molar-refractivity contribution in [3.05, 3.63) is 0 Å². The van der Waals surface area contributed by atoms with E-state index in [4.69, 9.17) is 4.74 Å². The SMILES string of the molecule is B[C@@H](OC)[C@@H](O)[C@H](O)[C@@H](O)CC. The van der Waals surface area contributed by atoms with Gasteiger partial charge < -0.3 is 20.1 Å². The third kappa shape index (κ3) is 3.10. The van der Waals surface area contributed by atoms with Crippen LogP contribution >= 0.6 is 0 Å². The Hall–Kier alpha value is -0.0951. The molecular weight excluding hydrogens is 159 g/mol. The van der Waals surface area contributed by atoms with E-state index in [2.05, 4.69) is 0 Å². The van der Waals surface area contributed by atoms with Crippen molar-refractivity contribution < 1.29 is 20.1 Å². The third-order valence-corrected chi connectivity index (χ3v) is 2.02. The molecule has 0 aromatic heterocycles. The highest BCUT2D eigenvalue weighted by Gasteiger charge is 2.27. The van der Waals surface area contributed by atoms with Crippen molar-refractivity contribution in [2.45, 2.75) is 37.7 Å². The van der Waals surface area contributed by atoms with E-state index in [1.54, 1.807) is 14.8 Å². The summed E-state index contributed by atoms with van der Waals surface area (Å²) >= 11 is 0. The van der Waals surface area contributed by atoms with Crippen molar-refractivity contribution in [2.24, 2.45) is 0 Å². The van der Waals surface area contributed by atoms with Crippen molar-refractivity contribution in [1.82, 2.24) is 0 Å². The largest absolute Gasteiger partial charge is 0.390 e. The molecule has 0 saturated carbocycles. The van der Waals surface area contributed by atoms with Gasteiger partial charge in [-0.25, -0.2) is 0 Å². The molecule has 72 valence electrons. The van der Waals surface area contributed by atoms with Crippen molar-refractivity contribution >= 4 is 7.85 Å². The van der Waals surface area contributed by atoms with Crippen LogP contribution in [0.3, 0.4) is 0 Å². The average molecular weight is 176 g/mol. The molecule has 5 heteroatoms. The maximum absolute atomic E-state index is 9.35. The second kappa shape index (κ2) is 5.53. The molecule has 0 rings (SSSR count). The Balaban J connectivity index is 3.99. The van der Waals surface area contributed by atoms with E-state index in [1.807, 2.05) is 0 Å². The molecular formula is C7H17BO4. The molecule has 0 radical (unpaired) electrons. The van der Waals surface area contributed by atoms with Crippen LogP contribution in [-0.4, -0.2) is 54.6 Å². The van der Waals surface area contributed by atoms with Crippen molar-refractivity contribution in [3.8, 4) is 0 Å². The number of ether oxygens (including phenoxy) is 1. The summed E-state index contributed by atoms with van der Waals surface area (Å²) in [6, 6.07) is -0.471. The topological polar surface area (TPSA) is 69.9 Å². The Morgan fingerprint density at radius 2 is 1.75 bits per heavy atom. The van der Waals surface area contributed by atoms with Gasteiger partial charge in [-0.05, 0) is 6.42 Å². The van der Waals surface area contributed by atoms with E-state index >= 15 is 0 Å². The smallest absolute Gasteiger partial charge is 0.142 e. The molecule has 0 aliphatic rings. The molecule has 0 aromatic carbocycles. The first-order chi connectivity index (χ1) is 5.54. The van der Waals surface area contributed by atoms with Crippen molar-refractivity contribution in [1.29, 1.82) is 0 Å². The number of methoxy groups -OCH3 is 1. The number of hydrogen-bond donors (Lipinski definition) is 3.